The smallest absolute Gasteiger partial charge is 0.257 e. The largest absolute Gasteiger partial charge is 0.382 e. The van der Waals surface area contributed by atoms with Crippen LogP contribution < -0.4 is 10.6 Å². The number of carbonyl (C=O) groups excluding carboxylic acids is 1. The molecule has 0 saturated carbocycles. The van der Waals surface area contributed by atoms with Crippen LogP contribution in [0.1, 0.15) is 13.3 Å². The molecule has 0 spiro atoms. The fourth-order valence-corrected chi connectivity index (χ4v) is 2.79. The molecule has 8 heteroatoms. The first-order chi connectivity index (χ1) is 11.8. The number of ether oxygens (including phenoxy) is 2. The lowest BCUT2D eigenvalue weighted by atomic mass is 10.3. The van der Waals surface area contributed by atoms with Crippen LogP contribution in [0.4, 0.5) is 5.95 Å². The van der Waals surface area contributed by atoms with E-state index in [2.05, 4.69) is 15.6 Å². The van der Waals surface area contributed by atoms with Crippen LogP contribution in [0.2, 0.25) is 0 Å². The van der Waals surface area contributed by atoms with Gasteiger partial charge in [-0.25, -0.2) is 4.98 Å². The molecule has 0 aliphatic carbocycles. The van der Waals surface area contributed by atoms with Gasteiger partial charge in [0.2, 0.25) is 5.95 Å². The Balaban J connectivity index is 0.00000225. The van der Waals surface area contributed by atoms with Crippen LogP contribution in [-0.2, 0) is 20.8 Å². The number of imidazole rings is 1. The molecule has 0 bridgehead atoms. The van der Waals surface area contributed by atoms with Crippen molar-refractivity contribution in [2.75, 3.05) is 38.2 Å². The molecular weight excluding hydrogens is 344 g/mol. The van der Waals surface area contributed by atoms with Gasteiger partial charge in [0.05, 0.1) is 17.6 Å². The van der Waals surface area contributed by atoms with E-state index in [0.29, 0.717) is 32.3 Å². The van der Waals surface area contributed by atoms with Crippen molar-refractivity contribution in [3.8, 4) is 0 Å². The summed E-state index contributed by atoms with van der Waals surface area (Å²) in [6.07, 6.45) is 0.383. The summed E-state index contributed by atoms with van der Waals surface area (Å²) in [6, 6.07) is 7.88. The zero-order valence-corrected chi connectivity index (χ0v) is 15.2. The molecule has 2 heterocycles. The van der Waals surface area contributed by atoms with E-state index in [1.807, 2.05) is 35.8 Å². The van der Waals surface area contributed by atoms with Crippen LogP contribution in [0.25, 0.3) is 11.0 Å². The van der Waals surface area contributed by atoms with Crippen molar-refractivity contribution >= 4 is 35.3 Å². The third-order valence-corrected chi connectivity index (χ3v) is 3.98. The van der Waals surface area contributed by atoms with E-state index < -0.39 is 6.10 Å². The second kappa shape index (κ2) is 9.72. The second-order valence-electron chi connectivity index (χ2n) is 5.68. The molecular formula is C17H25ClN4O3. The Morgan fingerprint density at radius 2 is 2.32 bits per heavy atom. The molecule has 1 aliphatic heterocycles. The summed E-state index contributed by atoms with van der Waals surface area (Å²) in [4.78, 5) is 17.0. The van der Waals surface area contributed by atoms with Gasteiger partial charge in [-0.15, -0.1) is 12.4 Å². The predicted molar refractivity (Wildman–Crippen MR) is 99.3 cm³/mol. The molecule has 1 atom stereocenters. The van der Waals surface area contributed by atoms with Crippen molar-refractivity contribution in [1.82, 2.24) is 14.9 Å². The number of carbonyl (C=O) groups is 1. The quantitative estimate of drug-likeness (QED) is 0.729. The number of anilines is 1. The maximum atomic E-state index is 12.4. The van der Waals surface area contributed by atoms with Crippen LogP contribution >= 0.6 is 12.4 Å². The van der Waals surface area contributed by atoms with Gasteiger partial charge in [0.1, 0.15) is 6.10 Å². The van der Waals surface area contributed by atoms with Crippen molar-refractivity contribution in [2.24, 2.45) is 0 Å². The molecule has 2 aromatic rings. The highest BCUT2D eigenvalue weighted by atomic mass is 35.5. The summed E-state index contributed by atoms with van der Waals surface area (Å²) in [5.41, 5.74) is 1.87. The zero-order valence-electron chi connectivity index (χ0n) is 14.4. The van der Waals surface area contributed by atoms with Crippen LogP contribution in [0.15, 0.2) is 24.3 Å². The summed E-state index contributed by atoms with van der Waals surface area (Å²) in [7, 11) is 0. The van der Waals surface area contributed by atoms with Gasteiger partial charge in [0.25, 0.3) is 5.91 Å². The van der Waals surface area contributed by atoms with Gasteiger partial charge in [-0.3, -0.25) is 10.1 Å². The third-order valence-electron chi connectivity index (χ3n) is 3.98. The van der Waals surface area contributed by atoms with Crippen LogP contribution in [0.3, 0.4) is 0 Å². The van der Waals surface area contributed by atoms with Crippen LogP contribution in [0, 0.1) is 0 Å². The Labute approximate surface area is 153 Å². The molecule has 7 nitrogen and oxygen atoms in total. The van der Waals surface area contributed by atoms with E-state index in [4.69, 9.17) is 9.47 Å². The highest BCUT2D eigenvalue weighted by molar-refractivity contribution is 5.94. The SMILES string of the molecule is CCOCCCn1c(NC(=O)C2CNCCO2)nc2ccccc21.Cl. The molecule has 1 fully saturated rings. The first-order valence-corrected chi connectivity index (χ1v) is 8.45. The summed E-state index contributed by atoms with van der Waals surface area (Å²) in [5, 5.41) is 6.08. The van der Waals surface area contributed by atoms with E-state index in [1.54, 1.807) is 0 Å². The van der Waals surface area contributed by atoms with Crippen molar-refractivity contribution in [2.45, 2.75) is 26.0 Å². The van der Waals surface area contributed by atoms with Crippen molar-refractivity contribution in [3.05, 3.63) is 24.3 Å². The van der Waals surface area contributed by atoms with E-state index >= 15 is 0 Å². The topological polar surface area (TPSA) is 77.4 Å². The van der Waals surface area contributed by atoms with Gasteiger partial charge in [-0.2, -0.15) is 0 Å². The van der Waals surface area contributed by atoms with Gasteiger partial charge in [-0.1, -0.05) is 12.1 Å². The molecule has 138 valence electrons. The highest BCUT2D eigenvalue weighted by Gasteiger charge is 2.23. The predicted octanol–water partition coefficient (Wildman–Crippen LogP) is 1.81. The lowest BCUT2D eigenvalue weighted by molar-refractivity contribution is -0.128. The highest BCUT2D eigenvalue weighted by Crippen LogP contribution is 2.20. The summed E-state index contributed by atoms with van der Waals surface area (Å²) in [5.74, 6) is 0.399. The van der Waals surface area contributed by atoms with E-state index in [1.165, 1.54) is 0 Å². The minimum atomic E-state index is -0.476. The number of rotatable bonds is 7. The van der Waals surface area contributed by atoms with Gasteiger partial charge in [0, 0.05) is 32.8 Å². The van der Waals surface area contributed by atoms with Crippen molar-refractivity contribution in [1.29, 1.82) is 0 Å². The number of para-hydroxylation sites is 2. The number of nitrogens with one attached hydrogen (secondary N) is 2. The molecule has 2 N–H and O–H groups in total. The Hall–Kier alpha value is -1.67. The number of amides is 1. The minimum Gasteiger partial charge on any atom is -0.382 e. The Bertz CT molecular complexity index is 686. The lowest BCUT2D eigenvalue weighted by Gasteiger charge is -2.22. The fraction of sp³-hybridized carbons (Fsp3) is 0.529. The van der Waals surface area contributed by atoms with Crippen molar-refractivity contribution in [3.63, 3.8) is 0 Å². The molecule has 1 aliphatic rings. The molecule has 1 aromatic carbocycles. The zero-order chi connectivity index (χ0) is 16.8. The summed E-state index contributed by atoms with van der Waals surface area (Å²) in [6.45, 7) is 5.96. The molecule has 0 radical (unpaired) electrons. The molecule has 25 heavy (non-hydrogen) atoms. The Morgan fingerprint density at radius 3 is 3.08 bits per heavy atom. The first kappa shape index (κ1) is 19.7. The normalized spacial score (nSPS) is 17.2. The van der Waals surface area contributed by atoms with Crippen LogP contribution in [0.5, 0.6) is 0 Å². The average Bonchev–Trinajstić information content (AvgIpc) is 2.97. The van der Waals surface area contributed by atoms with Gasteiger partial charge in [-0.05, 0) is 25.5 Å². The maximum absolute atomic E-state index is 12.4. The standard InChI is InChI=1S/C17H24N4O3.ClH/c1-2-23-10-5-9-21-14-7-4-3-6-13(14)19-17(21)20-16(22)15-12-18-8-11-24-15;/h3-4,6-7,15,18H,2,5,8-12H2,1H3,(H,19,20,22);1H. The second-order valence-corrected chi connectivity index (χ2v) is 5.68. The number of benzene rings is 1. The summed E-state index contributed by atoms with van der Waals surface area (Å²) < 4.78 is 12.9. The molecule has 3 rings (SSSR count). The van der Waals surface area contributed by atoms with Crippen LogP contribution in [-0.4, -0.2) is 54.5 Å². The Morgan fingerprint density at radius 1 is 1.48 bits per heavy atom. The number of hydrogen-bond acceptors (Lipinski definition) is 5. The number of aryl methyl sites for hydroxylation is 1. The number of aromatic nitrogens is 2. The maximum Gasteiger partial charge on any atom is 0.257 e. The number of hydrogen-bond donors (Lipinski definition) is 2. The molecule has 1 aromatic heterocycles. The first-order valence-electron chi connectivity index (χ1n) is 8.45. The number of fused-ring (bicyclic) bond motifs is 1. The summed E-state index contributed by atoms with van der Waals surface area (Å²) >= 11 is 0. The number of nitrogens with zero attached hydrogens (tertiary/aromatic N) is 2. The molecule has 1 unspecified atom stereocenters. The monoisotopic (exact) mass is 368 g/mol. The average molecular weight is 369 g/mol. The number of morpholine rings is 1. The molecule has 1 amide bonds. The van der Waals surface area contributed by atoms with Gasteiger partial charge >= 0.3 is 0 Å². The lowest BCUT2D eigenvalue weighted by Crippen LogP contribution is -2.45. The van der Waals surface area contributed by atoms with E-state index in [-0.39, 0.29) is 18.3 Å². The minimum absolute atomic E-state index is 0. The van der Waals surface area contributed by atoms with Crippen molar-refractivity contribution < 1.29 is 14.3 Å². The number of halogens is 1. The fourth-order valence-electron chi connectivity index (χ4n) is 2.79. The van der Waals surface area contributed by atoms with E-state index in [9.17, 15) is 4.79 Å². The Kier molecular flexibility index (Phi) is 7.64. The van der Waals surface area contributed by atoms with Gasteiger partial charge in [0.15, 0.2) is 0 Å². The van der Waals surface area contributed by atoms with E-state index in [0.717, 1.165) is 30.5 Å². The van der Waals surface area contributed by atoms with Gasteiger partial charge < -0.3 is 19.4 Å². The molecule has 1 saturated heterocycles. The third kappa shape index (κ3) is 4.92.